The van der Waals surface area contributed by atoms with Crippen molar-refractivity contribution in [1.29, 1.82) is 0 Å². The lowest BCUT2D eigenvalue weighted by molar-refractivity contribution is -0.143. The quantitative estimate of drug-likeness (QED) is 0.399. The van der Waals surface area contributed by atoms with Crippen LogP contribution in [0.5, 0.6) is 0 Å². The van der Waals surface area contributed by atoms with E-state index in [0.717, 1.165) is 0 Å². The summed E-state index contributed by atoms with van der Waals surface area (Å²) in [5.41, 5.74) is 4.72. The van der Waals surface area contributed by atoms with Crippen LogP contribution in [0.2, 0.25) is 0 Å². The number of fused-ring (bicyclic) bond motifs is 3. The molecule has 0 spiro atoms. The molecule has 0 fully saturated rings. The topological polar surface area (TPSA) is 105 Å². The van der Waals surface area contributed by atoms with E-state index in [1.165, 1.54) is 22.3 Å². The minimum atomic E-state index is -1.01. The number of aliphatic carboxylic acids is 1. The highest BCUT2D eigenvalue weighted by atomic mass is 16.5. The van der Waals surface area contributed by atoms with Crippen LogP contribution in [-0.2, 0) is 14.3 Å². The summed E-state index contributed by atoms with van der Waals surface area (Å²) in [7, 11) is 0. The van der Waals surface area contributed by atoms with Gasteiger partial charge < -0.3 is 20.5 Å². The molecule has 0 saturated carbocycles. The molecule has 7 heteroatoms. The molecule has 0 heterocycles. The zero-order valence-corrected chi connectivity index (χ0v) is 20.8. The average Bonchev–Trinajstić information content (AvgIpc) is 3.17. The van der Waals surface area contributed by atoms with Crippen molar-refractivity contribution in [2.45, 2.75) is 58.4 Å². The van der Waals surface area contributed by atoms with Crippen LogP contribution in [0.3, 0.4) is 0 Å². The standard InChI is InChI=1S/C28H36N2O5/c1-4-19(3)26(27(32)33)30-25(31)14-13-18(2)15-16-29-28(34)35-17-24-22-11-7-5-9-20(22)21-10-6-8-12-23(21)24/h5-12,18-19,24,26H,4,13-17H2,1-3H3,(H,29,34)(H,30,31)(H,32,33). The Hall–Kier alpha value is -3.35. The number of carbonyl (C=O) groups excluding carboxylic acids is 2. The molecule has 3 unspecified atom stereocenters. The van der Waals surface area contributed by atoms with Crippen molar-refractivity contribution in [1.82, 2.24) is 10.6 Å². The molecule has 3 atom stereocenters. The van der Waals surface area contributed by atoms with Gasteiger partial charge in [-0.3, -0.25) is 4.79 Å². The number of ether oxygens (including phenoxy) is 1. The van der Waals surface area contributed by atoms with Gasteiger partial charge in [0.1, 0.15) is 12.6 Å². The van der Waals surface area contributed by atoms with Crippen molar-refractivity contribution in [2.75, 3.05) is 13.2 Å². The maximum atomic E-state index is 12.3. The normalized spacial score (nSPS) is 14.8. The number of rotatable bonds is 12. The van der Waals surface area contributed by atoms with Crippen LogP contribution in [0.25, 0.3) is 11.1 Å². The second kappa shape index (κ2) is 12.4. The van der Waals surface area contributed by atoms with E-state index in [4.69, 9.17) is 4.74 Å². The van der Waals surface area contributed by atoms with Crippen LogP contribution in [0.4, 0.5) is 4.79 Å². The fourth-order valence-corrected chi connectivity index (χ4v) is 4.52. The van der Waals surface area contributed by atoms with E-state index in [0.29, 0.717) is 25.8 Å². The number of hydrogen-bond acceptors (Lipinski definition) is 4. The first-order valence-corrected chi connectivity index (χ1v) is 12.4. The number of benzene rings is 2. The van der Waals surface area contributed by atoms with Crippen molar-refractivity contribution in [3.63, 3.8) is 0 Å². The van der Waals surface area contributed by atoms with Crippen LogP contribution >= 0.6 is 0 Å². The molecule has 2 aromatic rings. The van der Waals surface area contributed by atoms with E-state index in [1.54, 1.807) is 0 Å². The van der Waals surface area contributed by atoms with Crippen molar-refractivity contribution in [3.05, 3.63) is 59.7 Å². The van der Waals surface area contributed by atoms with Gasteiger partial charge in [-0.1, -0.05) is 75.7 Å². The molecule has 0 saturated heterocycles. The summed E-state index contributed by atoms with van der Waals surface area (Å²) in [6, 6.07) is 15.6. The highest BCUT2D eigenvalue weighted by molar-refractivity contribution is 5.83. The molecule has 1 aliphatic carbocycles. The summed E-state index contributed by atoms with van der Waals surface area (Å²) in [5.74, 6) is -1.17. The van der Waals surface area contributed by atoms with Gasteiger partial charge in [-0.25, -0.2) is 9.59 Å². The highest BCUT2D eigenvalue weighted by Crippen LogP contribution is 2.44. The summed E-state index contributed by atoms with van der Waals surface area (Å²) in [6.07, 6.45) is 1.80. The van der Waals surface area contributed by atoms with Crippen molar-refractivity contribution < 1.29 is 24.2 Å². The third-order valence-electron chi connectivity index (χ3n) is 6.91. The van der Waals surface area contributed by atoms with Gasteiger partial charge in [0, 0.05) is 18.9 Å². The molecule has 3 rings (SSSR count). The molecule has 3 N–H and O–H groups in total. The monoisotopic (exact) mass is 480 g/mol. The maximum Gasteiger partial charge on any atom is 0.407 e. The van der Waals surface area contributed by atoms with Gasteiger partial charge in [0.25, 0.3) is 0 Å². The zero-order chi connectivity index (χ0) is 25.4. The van der Waals surface area contributed by atoms with Crippen LogP contribution in [-0.4, -0.2) is 42.3 Å². The lowest BCUT2D eigenvalue weighted by Gasteiger charge is -2.20. The molecule has 7 nitrogen and oxygen atoms in total. The van der Waals surface area contributed by atoms with Crippen molar-refractivity contribution in [3.8, 4) is 11.1 Å². The van der Waals surface area contributed by atoms with Gasteiger partial charge >= 0.3 is 12.1 Å². The van der Waals surface area contributed by atoms with Gasteiger partial charge in [0.15, 0.2) is 0 Å². The molecule has 188 valence electrons. The summed E-state index contributed by atoms with van der Waals surface area (Å²) in [5, 5.41) is 14.7. The first-order valence-electron chi connectivity index (χ1n) is 12.4. The lowest BCUT2D eigenvalue weighted by atomic mass is 9.98. The largest absolute Gasteiger partial charge is 0.480 e. The maximum absolute atomic E-state index is 12.3. The SMILES string of the molecule is CCC(C)C(NC(=O)CCC(C)CCNC(=O)OCC1c2ccccc2-c2ccccc21)C(=O)O. The van der Waals surface area contributed by atoms with Gasteiger partial charge in [-0.2, -0.15) is 0 Å². The van der Waals surface area contributed by atoms with E-state index < -0.39 is 18.1 Å². The Morgan fingerprint density at radius 2 is 1.57 bits per heavy atom. The number of nitrogens with one attached hydrogen (secondary N) is 2. The summed E-state index contributed by atoms with van der Waals surface area (Å²) in [6.45, 7) is 6.45. The van der Waals surface area contributed by atoms with Gasteiger partial charge in [-0.15, -0.1) is 0 Å². The number of amides is 2. The van der Waals surface area contributed by atoms with E-state index in [2.05, 4.69) is 34.9 Å². The van der Waals surface area contributed by atoms with Crippen LogP contribution < -0.4 is 10.6 Å². The van der Waals surface area contributed by atoms with Gasteiger partial charge in [-0.05, 0) is 46.9 Å². The summed E-state index contributed by atoms with van der Waals surface area (Å²) >= 11 is 0. The number of hydrogen-bond donors (Lipinski definition) is 3. The molecular formula is C28H36N2O5. The predicted molar refractivity (Wildman–Crippen MR) is 135 cm³/mol. The Labute approximate surface area is 207 Å². The second-order valence-corrected chi connectivity index (χ2v) is 9.45. The van der Waals surface area contributed by atoms with E-state index in [1.807, 2.05) is 45.0 Å². The predicted octanol–water partition coefficient (Wildman–Crippen LogP) is 4.95. The lowest BCUT2D eigenvalue weighted by Crippen LogP contribution is -2.45. The molecule has 1 aliphatic rings. The van der Waals surface area contributed by atoms with E-state index in [9.17, 15) is 19.5 Å². The van der Waals surface area contributed by atoms with Crippen molar-refractivity contribution >= 4 is 18.0 Å². The Kier molecular flexibility index (Phi) is 9.29. The Balaban J connectivity index is 1.38. The Morgan fingerprint density at radius 3 is 2.14 bits per heavy atom. The minimum absolute atomic E-state index is 0.0237. The van der Waals surface area contributed by atoms with Crippen LogP contribution in [0.1, 0.15) is 63.5 Å². The first kappa shape index (κ1) is 26.3. The number of carboxylic acids is 1. The third-order valence-corrected chi connectivity index (χ3v) is 6.91. The minimum Gasteiger partial charge on any atom is -0.480 e. The summed E-state index contributed by atoms with van der Waals surface area (Å²) < 4.78 is 5.55. The van der Waals surface area contributed by atoms with Crippen LogP contribution in [0, 0.1) is 11.8 Å². The first-order chi connectivity index (χ1) is 16.8. The highest BCUT2D eigenvalue weighted by Gasteiger charge is 2.29. The Bertz CT molecular complexity index is 992. The molecule has 0 radical (unpaired) electrons. The second-order valence-electron chi connectivity index (χ2n) is 9.45. The van der Waals surface area contributed by atoms with Crippen molar-refractivity contribution in [2.24, 2.45) is 11.8 Å². The Morgan fingerprint density at radius 1 is 0.971 bits per heavy atom. The van der Waals surface area contributed by atoms with Gasteiger partial charge in [0.05, 0.1) is 0 Å². The van der Waals surface area contributed by atoms with Gasteiger partial charge in [0.2, 0.25) is 5.91 Å². The molecular weight excluding hydrogens is 444 g/mol. The van der Waals surface area contributed by atoms with Crippen LogP contribution in [0.15, 0.2) is 48.5 Å². The number of alkyl carbamates (subject to hydrolysis) is 1. The number of carbonyl (C=O) groups is 3. The molecule has 0 aliphatic heterocycles. The molecule has 35 heavy (non-hydrogen) atoms. The molecule has 2 amide bonds. The molecule has 0 bridgehead atoms. The number of carboxylic acid groups (broad SMARTS) is 1. The third kappa shape index (κ3) is 6.84. The van der Waals surface area contributed by atoms with E-state index >= 15 is 0 Å². The molecule has 2 aromatic carbocycles. The fourth-order valence-electron chi connectivity index (χ4n) is 4.52. The zero-order valence-electron chi connectivity index (χ0n) is 20.8. The smallest absolute Gasteiger partial charge is 0.407 e. The summed E-state index contributed by atoms with van der Waals surface area (Å²) in [4.78, 5) is 35.9. The average molecular weight is 481 g/mol. The molecule has 0 aromatic heterocycles. The fraction of sp³-hybridized carbons (Fsp3) is 0.464. The van der Waals surface area contributed by atoms with E-state index in [-0.39, 0.29) is 36.7 Å².